The van der Waals surface area contributed by atoms with Crippen LogP contribution in [0.1, 0.15) is 51.9 Å². The van der Waals surface area contributed by atoms with Crippen LogP contribution in [0.25, 0.3) is 0 Å². The topological polar surface area (TPSA) is 46.2 Å². The Morgan fingerprint density at radius 3 is 2.43 bits per heavy atom. The Labute approximate surface area is 88.2 Å². The molecule has 2 heteroatoms. The molecule has 0 radical (unpaired) electrons. The Bertz CT molecular complexity index is 134. The second kappa shape index (κ2) is 10.7. The molecular weight excluding hydrogens is 174 g/mol. The maximum absolute atomic E-state index is 9.20. The Kier molecular flexibility index (Phi) is 10.5. The summed E-state index contributed by atoms with van der Waals surface area (Å²) < 4.78 is 0. The van der Waals surface area contributed by atoms with Crippen molar-refractivity contribution in [2.45, 2.75) is 58.0 Å². The molecule has 0 fully saturated rings. The molecular formula is C12H25NO. The molecule has 14 heavy (non-hydrogen) atoms. The Hall–Kier alpha value is -0.340. The van der Waals surface area contributed by atoms with Gasteiger partial charge in [-0.2, -0.15) is 0 Å². The van der Waals surface area contributed by atoms with Crippen molar-refractivity contribution in [3.05, 3.63) is 12.2 Å². The minimum atomic E-state index is -0.280. The molecule has 3 N–H and O–H groups in total. The maximum Gasteiger partial charge on any atom is 0.0662 e. The highest BCUT2D eigenvalue weighted by atomic mass is 16.3. The summed E-state index contributed by atoms with van der Waals surface area (Å²) in [5.74, 6) is 0. The van der Waals surface area contributed by atoms with Gasteiger partial charge in [-0.1, -0.05) is 37.8 Å². The second-order valence-electron chi connectivity index (χ2n) is 3.80. The van der Waals surface area contributed by atoms with Crippen LogP contribution in [-0.4, -0.2) is 17.8 Å². The molecule has 0 bridgehead atoms. The van der Waals surface area contributed by atoms with Crippen LogP contribution in [0.15, 0.2) is 12.2 Å². The van der Waals surface area contributed by atoms with E-state index in [-0.39, 0.29) is 6.10 Å². The van der Waals surface area contributed by atoms with Crippen LogP contribution in [0.2, 0.25) is 0 Å². The van der Waals surface area contributed by atoms with Gasteiger partial charge in [-0.3, -0.25) is 0 Å². The van der Waals surface area contributed by atoms with Crippen LogP contribution in [0, 0.1) is 0 Å². The van der Waals surface area contributed by atoms with Crippen molar-refractivity contribution in [3.63, 3.8) is 0 Å². The average molecular weight is 199 g/mol. The van der Waals surface area contributed by atoms with Gasteiger partial charge >= 0.3 is 0 Å². The van der Waals surface area contributed by atoms with Crippen molar-refractivity contribution in [2.75, 3.05) is 6.54 Å². The number of aliphatic hydroxyl groups is 1. The lowest BCUT2D eigenvalue weighted by atomic mass is 10.1. The van der Waals surface area contributed by atoms with Gasteiger partial charge in [0.1, 0.15) is 0 Å². The first-order chi connectivity index (χ1) is 6.81. The van der Waals surface area contributed by atoms with E-state index in [1.54, 1.807) is 0 Å². The molecule has 0 saturated heterocycles. The highest BCUT2D eigenvalue weighted by molar-refractivity contribution is 4.76. The van der Waals surface area contributed by atoms with Gasteiger partial charge < -0.3 is 10.8 Å². The molecule has 84 valence electrons. The van der Waals surface area contributed by atoms with Gasteiger partial charge in [0.2, 0.25) is 0 Å². The highest BCUT2D eigenvalue weighted by Gasteiger charge is 1.99. The number of hydrogen-bond donors (Lipinski definition) is 2. The monoisotopic (exact) mass is 199 g/mol. The van der Waals surface area contributed by atoms with Gasteiger partial charge in [0.25, 0.3) is 0 Å². The average Bonchev–Trinajstić information content (AvgIpc) is 2.21. The number of unbranched alkanes of at least 4 members (excludes halogenated alkanes) is 5. The predicted octanol–water partition coefficient (Wildman–Crippen LogP) is 2.61. The summed E-state index contributed by atoms with van der Waals surface area (Å²) in [5.41, 5.74) is 5.31. The van der Waals surface area contributed by atoms with E-state index in [1.807, 2.05) is 0 Å². The van der Waals surface area contributed by atoms with Crippen molar-refractivity contribution in [1.29, 1.82) is 0 Å². The van der Waals surface area contributed by atoms with Gasteiger partial charge in [-0.25, -0.2) is 0 Å². The fourth-order valence-electron chi connectivity index (χ4n) is 1.46. The zero-order valence-corrected chi connectivity index (χ0v) is 9.41. The lowest BCUT2D eigenvalue weighted by molar-refractivity contribution is 0.168. The number of aliphatic hydroxyl groups excluding tert-OH is 1. The zero-order chi connectivity index (χ0) is 10.6. The summed E-state index contributed by atoms with van der Waals surface area (Å²) in [6.07, 6.45) is 12.4. The lowest BCUT2D eigenvalue weighted by Crippen LogP contribution is -2.19. The van der Waals surface area contributed by atoms with E-state index >= 15 is 0 Å². The van der Waals surface area contributed by atoms with E-state index in [0.717, 1.165) is 12.8 Å². The predicted molar refractivity (Wildman–Crippen MR) is 62.2 cm³/mol. The first kappa shape index (κ1) is 13.7. The smallest absolute Gasteiger partial charge is 0.0662 e. The largest absolute Gasteiger partial charge is 0.392 e. The van der Waals surface area contributed by atoms with E-state index in [0.29, 0.717) is 6.54 Å². The molecule has 0 aromatic heterocycles. The van der Waals surface area contributed by atoms with E-state index in [2.05, 4.69) is 19.1 Å². The molecule has 0 heterocycles. The molecule has 0 aliphatic carbocycles. The quantitative estimate of drug-likeness (QED) is 0.443. The Morgan fingerprint density at radius 1 is 1.14 bits per heavy atom. The van der Waals surface area contributed by atoms with Crippen molar-refractivity contribution in [2.24, 2.45) is 5.73 Å². The van der Waals surface area contributed by atoms with Gasteiger partial charge in [-0.15, -0.1) is 0 Å². The molecule has 0 aromatic carbocycles. The van der Waals surface area contributed by atoms with Crippen molar-refractivity contribution in [3.8, 4) is 0 Å². The summed E-state index contributed by atoms with van der Waals surface area (Å²) in [4.78, 5) is 0. The third-order valence-corrected chi connectivity index (χ3v) is 2.42. The van der Waals surface area contributed by atoms with E-state index in [1.165, 1.54) is 32.1 Å². The van der Waals surface area contributed by atoms with E-state index in [9.17, 15) is 5.11 Å². The fraction of sp³-hybridized carbons (Fsp3) is 0.833. The Morgan fingerprint density at radius 2 is 1.79 bits per heavy atom. The second-order valence-corrected chi connectivity index (χ2v) is 3.80. The third-order valence-electron chi connectivity index (χ3n) is 2.42. The maximum atomic E-state index is 9.20. The summed E-state index contributed by atoms with van der Waals surface area (Å²) in [6, 6.07) is 0. The molecule has 1 unspecified atom stereocenters. The van der Waals surface area contributed by atoms with Crippen LogP contribution in [-0.2, 0) is 0 Å². The molecule has 0 aromatic rings. The molecule has 0 aliphatic heterocycles. The minimum absolute atomic E-state index is 0.280. The summed E-state index contributed by atoms with van der Waals surface area (Å²) in [5, 5.41) is 9.20. The van der Waals surface area contributed by atoms with Gasteiger partial charge in [-0.05, 0) is 26.2 Å². The minimum Gasteiger partial charge on any atom is -0.392 e. The van der Waals surface area contributed by atoms with Crippen molar-refractivity contribution in [1.82, 2.24) is 0 Å². The number of hydrogen-bond acceptors (Lipinski definition) is 2. The first-order valence-corrected chi connectivity index (χ1v) is 5.80. The van der Waals surface area contributed by atoms with Crippen LogP contribution in [0.3, 0.4) is 0 Å². The van der Waals surface area contributed by atoms with Gasteiger partial charge in [0, 0.05) is 6.54 Å². The van der Waals surface area contributed by atoms with Crippen molar-refractivity contribution < 1.29 is 5.11 Å². The van der Waals surface area contributed by atoms with Gasteiger partial charge in [0.05, 0.1) is 6.10 Å². The summed E-state index contributed by atoms with van der Waals surface area (Å²) >= 11 is 0. The number of nitrogens with two attached hydrogens (primary N) is 1. The fourth-order valence-corrected chi connectivity index (χ4v) is 1.46. The summed E-state index contributed by atoms with van der Waals surface area (Å²) in [7, 11) is 0. The number of rotatable bonds is 9. The molecule has 0 saturated carbocycles. The summed E-state index contributed by atoms with van der Waals surface area (Å²) in [6.45, 7) is 2.47. The van der Waals surface area contributed by atoms with E-state index in [4.69, 9.17) is 5.73 Å². The van der Waals surface area contributed by atoms with Crippen LogP contribution in [0.4, 0.5) is 0 Å². The van der Waals surface area contributed by atoms with Crippen LogP contribution in [0.5, 0.6) is 0 Å². The van der Waals surface area contributed by atoms with Crippen LogP contribution >= 0.6 is 0 Å². The Balaban J connectivity index is 2.99. The molecule has 1 atom stereocenters. The molecule has 2 nitrogen and oxygen atoms in total. The standard InChI is InChI=1S/C12H25NO/c1-2-3-4-5-6-7-8-9-10-12(14)11-13/h2-3,12,14H,4-11,13H2,1H3/b3-2+. The SMILES string of the molecule is C/C=C/CCCCCCCC(O)CN. The van der Waals surface area contributed by atoms with Gasteiger partial charge in [0.15, 0.2) is 0 Å². The lowest BCUT2D eigenvalue weighted by Gasteiger charge is -2.06. The van der Waals surface area contributed by atoms with Crippen LogP contribution < -0.4 is 5.73 Å². The third kappa shape index (κ3) is 9.75. The van der Waals surface area contributed by atoms with E-state index < -0.39 is 0 Å². The molecule has 0 spiro atoms. The molecule has 0 amide bonds. The molecule has 0 rings (SSSR count). The van der Waals surface area contributed by atoms with Crippen molar-refractivity contribution >= 4 is 0 Å². The zero-order valence-electron chi connectivity index (χ0n) is 9.41. The number of allylic oxidation sites excluding steroid dienone is 2. The highest BCUT2D eigenvalue weighted by Crippen LogP contribution is 2.08. The first-order valence-electron chi connectivity index (χ1n) is 5.80. The molecule has 0 aliphatic rings. The normalized spacial score (nSPS) is 13.6.